The molecule has 0 aromatic rings. The normalized spacial score (nSPS) is 29.6. The second kappa shape index (κ2) is 11.9. The Morgan fingerprint density at radius 3 is 2.27 bits per heavy atom. The van der Waals surface area contributed by atoms with E-state index in [0.29, 0.717) is 11.5 Å². The smallest absolute Gasteiger partial charge is 0.227 e. The topological polar surface area (TPSA) is 55.1 Å². The van der Waals surface area contributed by atoms with Crippen molar-refractivity contribution in [3.63, 3.8) is 0 Å². The fraction of sp³-hybridized carbons (Fsp3) is 0.741. The summed E-state index contributed by atoms with van der Waals surface area (Å²) in [6, 6.07) is 0.407. The Bertz CT molecular complexity index is 597. The summed E-state index contributed by atoms with van der Waals surface area (Å²) in [6.45, 7) is 13.3. The average molecular weight is 415 g/mol. The number of amides is 1. The molecule has 2 saturated carbocycles. The van der Waals surface area contributed by atoms with Crippen LogP contribution in [0.2, 0.25) is 0 Å². The van der Waals surface area contributed by atoms with E-state index in [-0.39, 0.29) is 11.8 Å². The van der Waals surface area contributed by atoms with Gasteiger partial charge in [0.05, 0.1) is 0 Å². The number of rotatable bonds is 8. The first-order valence-electron chi connectivity index (χ1n) is 12.3. The van der Waals surface area contributed by atoms with Crippen LogP contribution in [0.1, 0.15) is 91.9 Å². The van der Waals surface area contributed by atoms with Crippen LogP contribution in [0.25, 0.3) is 0 Å². The van der Waals surface area contributed by atoms with Gasteiger partial charge >= 0.3 is 0 Å². The van der Waals surface area contributed by atoms with Gasteiger partial charge in [-0.2, -0.15) is 0 Å². The van der Waals surface area contributed by atoms with Crippen LogP contribution >= 0.6 is 0 Å². The summed E-state index contributed by atoms with van der Waals surface area (Å²) in [5, 5.41) is 3.11. The van der Waals surface area contributed by atoms with E-state index in [2.05, 4.69) is 51.7 Å². The molecule has 0 radical (unpaired) electrons. The summed E-state index contributed by atoms with van der Waals surface area (Å²) in [5.74, 6) is 2.56. The highest BCUT2D eigenvalue weighted by atomic mass is 16.1. The van der Waals surface area contributed by atoms with Crippen LogP contribution in [-0.2, 0) is 4.79 Å². The highest BCUT2D eigenvalue weighted by Gasteiger charge is 2.35. The third kappa shape index (κ3) is 7.72. The quantitative estimate of drug-likeness (QED) is 0.444. The van der Waals surface area contributed by atoms with Crippen molar-refractivity contribution in [3.05, 3.63) is 36.6 Å². The first-order valence-corrected chi connectivity index (χ1v) is 12.3. The molecule has 30 heavy (non-hydrogen) atoms. The first-order chi connectivity index (χ1) is 14.2. The predicted octanol–water partition coefficient (Wildman–Crippen LogP) is 6.52. The number of carbonyl (C=O) groups excluding carboxylic acids is 1. The zero-order valence-corrected chi connectivity index (χ0v) is 20.0. The largest absolute Gasteiger partial charge is 0.328 e. The van der Waals surface area contributed by atoms with E-state index in [0.717, 1.165) is 55.6 Å². The average Bonchev–Trinajstić information content (AvgIpc) is 2.71. The van der Waals surface area contributed by atoms with Crippen LogP contribution in [0, 0.1) is 29.1 Å². The standard InChI is InChI=1S/C27H46N2O/c1-6-24(11-9-8-10-20-12-18-23(28)19-13-20)29-26(30)22-16-14-21(15-17-22)25(7-2)27(3,4)5/h6,8-9,11,20-23,25H,1,7,10,12-19,28H2,2-5H3,(H,29,30)/b9-8+,24-11+. The van der Waals surface area contributed by atoms with E-state index < -0.39 is 0 Å². The number of nitrogens with two attached hydrogens (primary N) is 1. The summed E-state index contributed by atoms with van der Waals surface area (Å²) < 4.78 is 0. The molecule has 0 bridgehead atoms. The molecule has 0 heterocycles. The van der Waals surface area contributed by atoms with E-state index in [9.17, 15) is 4.79 Å². The summed E-state index contributed by atoms with van der Waals surface area (Å²) in [7, 11) is 0. The van der Waals surface area contributed by atoms with Crippen molar-refractivity contribution in [3.8, 4) is 0 Å². The van der Waals surface area contributed by atoms with Crippen LogP contribution in [0.15, 0.2) is 36.6 Å². The molecule has 0 saturated heterocycles. The lowest BCUT2D eigenvalue weighted by atomic mass is 9.66. The molecule has 2 rings (SSSR count). The summed E-state index contributed by atoms with van der Waals surface area (Å²) in [4.78, 5) is 12.8. The fourth-order valence-electron chi connectivity index (χ4n) is 5.71. The molecule has 2 aliphatic carbocycles. The minimum Gasteiger partial charge on any atom is -0.328 e. The zero-order chi connectivity index (χ0) is 22.1. The van der Waals surface area contributed by atoms with Crippen molar-refractivity contribution in [1.82, 2.24) is 5.32 Å². The maximum Gasteiger partial charge on any atom is 0.227 e. The van der Waals surface area contributed by atoms with Gasteiger partial charge in [-0.3, -0.25) is 4.79 Å². The van der Waals surface area contributed by atoms with Crippen molar-refractivity contribution < 1.29 is 4.79 Å². The number of allylic oxidation sites excluding steroid dienone is 4. The van der Waals surface area contributed by atoms with Gasteiger partial charge < -0.3 is 11.1 Å². The Morgan fingerprint density at radius 1 is 1.10 bits per heavy atom. The highest BCUT2D eigenvalue weighted by molar-refractivity contribution is 5.81. The first kappa shape index (κ1) is 24.9. The molecular formula is C27H46N2O. The van der Waals surface area contributed by atoms with Gasteiger partial charge in [-0.15, -0.1) is 0 Å². The molecule has 1 unspecified atom stereocenters. The molecular weight excluding hydrogens is 368 g/mol. The predicted molar refractivity (Wildman–Crippen MR) is 129 cm³/mol. The third-order valence-electron chi connectivity index (χ3n) is 7.52. The molecule has 0 spiro atoms. The second-order valence-electron chi connectivity index (χ2n) is 10.8. The zero-order valence-electron chi connectivity index (χ0n) is 20.0. The van der Waals surface area contributed by atoms with Crippen molar-refractivity contribution in [2.75, 3.05) is 0 Å². The van der Waals surface area contributed by atoms with Crippen molar-refractivity contribution >= 4 is 5.91 Å². The summed E-state index contributed by atoms with van der Waals surface area (Å²) >= 11 is 0. The van der Waals surface area contributed by atoms with Gasteiger partial charge in [0.15, 0.2) is 0 Å². The molecule has 0 aromatic carbocycles. The van der Waals surface area contributed by atoms with E-state index in [4.69, 9.17) is 5.73 Å². The number of hydrogen-bond donors (Lipinski definition) is 2. The Morgan fingerprint density at radius 2 is 1.73 bits per heavy atom. The lowest BCUT2D eigenvalue weighted by Crippen LogP contribution is -2.36. The number of hydrogen-bond acceptors (Lipinski definition) is 2. The minimum atomic E-state index is 0.137. The maximum atomic E-state index is 12.8. The molecule has 170 valence electrons. The van der Waals surface area contributed by atoms with E-state index in [1.165, 1.54) is 32.1 Å². The molecule has 3 heteroatoms. The Kier molecular flexibility index (Phi) is 9.87. The fourth-order valence-corrected chi connectivity index (χ4v) is 5.71. The van der Waals surface area contributed by atoms with Crippen LogP contribution in [0.5, 0.6) is 0 Å². The summed E-state index contributed by atoms with van der Waals surface area (Å²) in [5.41, 5.74) is 7.15. The van der Waals surface area contributed by atoms with Gasteiger partial charge in [-0.25, -0.2) is 0 Å². The second-order valence-corrected chi connectivity index (χ2v) is 10.8. The Balaban J connectivity index is 1.79. The molecule has 0 aromatic heterocycles. The minimum absolute atomic E-state index is 0.137. The Labute approximate surface area is 185 Å². The Hall–Kier alpha value is -1.35. The van der Waals surface area contributed by atoms with Crippen LogP contribution in [0.4, 0.5) is 0 Å². The molecule has 3 nitrogen and oxygen atoms in total. The maximum absolute atomic E-state index is 12.8. The summed E-state index contributed by atoms with van der Waals surface area (Å²) in [6.07, 6.45) is 19.5. The van der Waals surface area contributed by atoms with Crippen molar-refractivity contribution in [2.24, 2.45) is 34.8 Å². The molecule has 0 aliphatic heterocycles. The van der Waals surface area contributed by atoms with E-state index in [1.54, 1.807) is 6.08 Å². The number of nitrogens with one attached hydrogen (secondary N) is 1. The lowest BCUT2D eigenvalue weighted by Gasteiger charge is -2.40. The van der Waals surface area contributed by atoms with Gasteiger partial charge in [-0.1, -0.05) is 52.8 Å². The van der Waals surface area contributed by atoms with E-state index >= 15 is 0 Å². The highest BCUT2D eigenvalue weighted by Crippen LogP contribution is 2.43. The third-order valence-corrected chi connectivity index (χ3v) is 7.52. The van der Waals surface area contributed by atoms with Crippen LogP contribution in [-0.4, -0.2) is 11.9 Å². The van der Waals surface area contributed by atoms with Gasteiger partial charge in [0, 0.05) is 17.7 Å². The monoisotopic (exact) mass is 414 g/mol. The van der Waals surface area contributed by atoms with Gasteiger partial charge in [0.25, 0.3) is 0 Å². The van der Waals surface area contributed by atoms with Gasteiger partial charge in [0.1, 0.15) is 0 Å². The number of carbonyl (C=O) groups is 1. The van der Waals surface area contributed by atoms with Crippen molar-refractivity contribution in [1.29, 1.82) is 0 Å². The molecule has 3 N–H and O–H groups in total. The van der Waals surface area contributed by atoms with Gasteiger partial charge in [0.2, 0.25) is 5.91 Å². The lowest BCUT2D eigenvalue weighted by molar-refractivity contribution is -0.125. The van der Waals surface area contributed by atoms with Gasteiger partial charge in [-0.05, 0) is 93.1 Å². The molecule has 2 fully saturated rings. The molecule has 1 amide bonds. The van der Waals surface area contributed by atoms with E-state index in [1.807, 2.05) is 6.08 Å². The van der Waals surface area contributed by atoms with Crippen molar-refractivity contribution in [2.45, 2.75) is 97.9 Å². The SMILES string of the molecule is C=C/C(=C\C=C\CC1CCC(N)CC1)NC(=O)C1CCC(C(CC)C(C)(C)C)CC1. The van der Waals surface area contributed by atoms with Crippen LogP contribution < -0.4 is 11.1 Å². The van der Waals surface area contributed by atoms with Crippen LogP contribution in [0.3, 0.4) is 0 Å². The molecule has 2 aliphatic rings. The molecule has 1 atom stereocenters.